The fourth-order valence-electron chi connectivity index (χ4n) is 3.66. The van der Waals surface area contributed by atoms with Crippen molar-refractivity contribution in [3.8, 4) is 0 Å². The van der Waals surface area contributed by atoms with Crippen molar-refractivity contribution in [3.63, 3.8) is 0 Å². The van der Waals surface area contributed by atoms with Crippen LogP contribution >= 0.6 is 0 Å². The van der Waals surface area contributed by atoms with Crippen molar-refractivity contribution < 1.29 is 4.79 Å². The zero-order chi connectivity index (χ0) is 14.2. The van der Waals surface area contributed by atoms with Gasteiger partial charge in [0.15, 0.2) is 0 Å². The first-order chi connectivity index (χ1) is 9.62. The molecule has 1 aromatic rings. The molecule has 2 fully saturated rings. The molecular formula is C17H24N2O. The molecule has 1 aliphatic heterocycles. The lowest BCUT2D eigenvalue weighted by Crippen LogP contribution is -2.36. The maximum atomic E-state index is 12.8. The number of rotatable bonds is 2. The summed E-state index contributed by atoms with van der Waals surface area (Å²) in [5.41, 5.74) is 2.02. The Bertz CT molecular complexity index is 486. The van der Waals surface area contributed by atoms with Crippen molar-refractivity contribution in [2.45, 2.75) is 58.3 Å². The van der Waals surface area contributed by atoms with Crippen molar-refractivity contribution in [1.82, 2.24) is 4.98 Å². The van der Waals surface area contributed by atoms with Crippen LogP contribution in [0.3, 0.4) is 0 Å². The van der Waals surface area contributed by atoms with E-state index in [1.165, 1.54) is 19.3 Å². The molecule has 1 saturated heterocycles. The SMILES string of the molecule is CC(C)c1ccc(N2CCC3(CCCCC3)C2=O)cn1. The van der Waals surface area contributed by atoms with Crippen molar-refractivity contribution in [2.24, 2.45) is 5.41 Å². The first kappa shape index (κ1) is 13.6. The number of carbonyl (C=O) groups excluding carboxylic acids is 1. The first-order valence-corrected chi connectivity index (χ1v) is 7.90. The smallest absolute Gasteiger partial charge is 0.233 e. The molecular weight excluding hydrogens is 248 g/mol. The number of anilines is 1. The van der Waals surface area contributed by atoms with E-state index in [1.54, 1.807) is 0 Å². The first-order valence-electron chi connectivity index (χ1n) is 7.90. The number of hydrogen-bond acceptors (Lipinski definition) is 2. The van der Waals surface area contributed by atoms with E-state index in [1.807, 2.05) is 11.1 Å². The largest absolute Gasteiger partial charge is 0.310 e. The molecule has 0 radical (unpaired) electrons. The van der Waals surface area contributed by atoms with Gasteiger partial charge < -0.3 is 4.90 Å². The molecule has 108 valence electrons. The number of aromatic nitrogens is 1. The van der Waals surface area contributed by atoms with Gasteiger partial charge in [-0.1, -0.05) is 33.1 Å². The van der Waals surface area contributed by atoms with E-state index in [4.69, 9.17) is 0 Å². The summed E-state index contributed by atoms with van der Waals surface area (Å²) in [4.78, 5) is 19.3. The molecule has 0 bridgehead atoms. The molecule has 1 aliphatic carbocycles. The Labute approximate surface area is 121 Å². The van der Waals surface area contributed by atoms with Crippen LogP contribution in [0.25, 0.3) is 0 Å². The van der Waals surface area contributed by atoms with Gasteiger partial charge in [0.2, 0.25) is 5.91 Å². The van der Waals surface area contributed by atoms with Gasteiger partial charge in [-0.05, 0) is 37.3 Å². The predicted molar refractivity (Wildman–Crippen MR) is 80.8 cm³/mol. The minimum Gasteiger partial charge on any atom is -0.310 e. The molecule has 20 heavy (non-hydrogen) atoms. The van der Waals surface area contributed by atoms with E-state index in [0.717, 1.165) is 37.2 Å². The maximum Gasteiger partial charge on any atom is 0.233 e. The highest BCUT2D eigenvalue weighted by Crippen LogP contribution is 2.45. The second kappa shape index (κ2) is 5.19. The Morgan fingerprint density at radius 2 is 1.90 bits per heavy atom. The molecule has 0 atom stereocenters. The van der Waals surface area contributed by atoms with Gasteiger partial charge in [-0.15, -0.1) is 0 Å². The molecule has 3 nitrogen and oxygen atoms in total. The molecule has 1 saturated carbocycles. The van der Waals surface area contributed by atoms with E-state index in [2.05, 4.69) is 31.0 Å². The Morgan fingerprint density at radius 3 is 2.50 bits per heavy atom. The average molecular weight is 272 g/mol. The minimum atomic E-state index is -0.0467. The van der Waals surface area contributed by atoms with Crippen LogP contribution in [0.2, 0.25) is 0 Å². The molecule has 1 aromatic heterocycles. The summed E-state index contributed by atoms with van der Waals surface area (Å²) in [5, 5.41) is 0. The molecule has 3 heteroatoms. The second-order valence-corrected chi connectivity index (χ2v) is 6.64. The van der Waals surface area contributed by atoms with Crippen LogP contribution < -0.4 is 4.90 Å². The predicted octanol–water partition coefficient (Wildman–Crippen LogP) is 3.89. The van der Waals surface area contributed by atoms with Crippen LogP contribution in [-0.4, -0.2) is 17.4 Å². The lowest BCUT2D eigenvalue weighted by molar-refractivity contribution is -0.127. The lowest BCUT2D eigenvalue weighted by Gasteiger charge is -2.31. The summed E-state index contributed by atoms with van der Waals surface area (Å²) in [6, 6.07) is 4.11. The van der Waals surface area contributed by atoms with Gasteiger partial charge in [0.05, 0.1) is 17.3 Å². The molecule has 0 N–H and O–H groups in total. The zero-order valence-corrected chi connectivity index (χ0v) is 12.6. The minimum absolute atomic E-state index is 0.0467. The van der Waals surface area contributed by atoms with Gasteiger partial charge in [0.1, 0.15) is 0 Å². The van der Waals surface area contributed by atoms with Crippen molar-refractivity contribution in [2.75, 3.05) is 11.4 Å². The topological polar surface area (TPSA) is 33.2 Å². The van der Waals surface area contributed by atoms with E-state index in [9.17, 15) is 4.79 Å². The number of pyridine rings is 1. The summed E-state index contributed by atoms with van der Waals surface area (Å²) in [6.07, 6.45) is 8.78. The highest BCUT2D eigenvalue weighted by Gasteiger charge is 2.47. The van der Waals surface area contributed by atoms with Gasteiger partial charge >= 0.3 is 0 Å². The van der Waals surface area contributed by atoms with Crippen LogP contribution in [-0.2, 0) is 4.79 Å². The van der Waals surface area contributed by atoms with Gasteiger partial charge in [-0.2, -0.15) is 0 Å². The fourth-order valence-corrected chi connectivity index (χ4v) is 3.66. The van der Waals surface area contributed by atoms with Gasteiger partial charge in [0.25, 0.3) is 0 Å². The van der Waals surface area contributed by atoms with E-state index in [-0.39, 0.29) is 5.41 Å². The van der Waals surface area contributed by atoms with Gasteiger partial charge in [0, 0.05) is 12.2 Å². The summed E-state index contributed by atoms with van der Waals surface area (Å²) in [6.45, 7) is 5.14. The highest BCUT2D eigenvalue weighted by atomic mass is 16.2. The van der Waals surface area contributed by atoms with Crippen molar-refractivity contribution in [1.29, 1.82) is 0 Å². The maximum absolute atomic E-state index is 12.8. The summed E-state index contributed by atoms with van der Waals surface area (Å²) >= 11 is 0. The van der Waals surface area contributed by atoms with Crippen LogP contribution in [0.5, 0.6) is 0 Å². The quantitative estimate of drug-likeness (QED) is 0.818. The number of hydrogen-bond donors (Lipinski definition) is 0. The molecule has 1 spiro atoms. The molecule has 0 unspecified atom stereocenters. The summed E-state index contributed by atoms with van der Waals surface area (Å²) in [5.74, 6) is 0.777. The van der Waals surface area contributed by atoms with Gasteiger partial charge in [-0.25, -0.2) is 0 Å². The monoisotopic (exact) mass is 272 g/mol. The molecule has 2 aliphatic rings. The zero-order valence-electron chi connectivity index (χ0n) is 12.6. The highest BCUT2D eigenvalue weighted by molar-refractivity contribution is 5.99. The third kappa shape index (κ3) is 2.23. The summed E-state index contributed by atoms with van der Waals surface area (Å²) < 4.78 is 0. The Morgan fingerprint density at radius 1 is 1.15 bits per heavy atom. The Hall–Kier alpha value is -1.38. The van der Waals surface area contributed by atoms with E-state index < -0.39 is 0 Å². The number of nitrogens with zero attached hydrogens (tertiary/aromatic N) is 2. The number of carbonyl (C=O) groups is 1. The third-order valence-electron chi connectivity index (χ3n) is 5.00. The number of amides is 1. The fraction of sp³-hybridized carbons (Fsp3) is 0.647. The lowest BCUT2D eigenvalue weighted by atomic mass is 9.73. The standard InChI is InChI=1S/C17H24N2O/c1-13(2)15-7-6-14(12-18-15)19-11-10-17(16(19)20)8-4-3-5-9-17/h6-7,12-13H,3-5,8-11H2,1-2H3. The Balaban J connectivity index is 1.79. The van der Waals surface area contributed by atoms with Crippen molar-refractivity contribution in [3.05, 3.63) is 24.0 Å². The van der Waals surface area contributed by atoms with Crippen LogP contribution in [0.4, 0.5) is 5.69 Å². The van der Waals surface area contributed by atoms with Crippen LogP contribution in [0, 0.1) is 5.41 Å². The Kier molecular flexibility index (Phi) is 3.53. The van der Waals surface area contributed by atoms with Gasteiger partial charge in [-0.3, -0.25) is 9.78 Å². The molecule has 0 aromatic carbocycles. The average Bonchev–Trinajstić information content (AvgIpc) is 2.77. The van der Waals surface area contributed by atoms with Crippen LogP contribution in [0.15, 0.2) is 18.3 Å². The second-order valence-electron chi connectivity index (χ2n) is 6.64. The normalized spacial score (nSPS) is 21.9. The van der Waals surface area contributed by atoms with E-state index in [0.29, 0.717) is 11.8 Å². The molecule has 1 amide bonds. The molecule has 2 heterocycles. The van der Waals surface area contributed by atoms with E-state index >= 15 is 0 Å². The third-order valence-corrected chi connectivity index (χ3v) is 5.00. The van der Waals surface area contributed by atoms with Crippen LogP contribution in [0.1, 0.15) is 64.0 Å². The van der Waals surface area contributed by atoms with Crippen molar-refractivity contribution >= 4 is 11.6 Å². The molecule has 3 rings (SSSR count). The summed E-state index contributed by atoms with van der Waals surface area (Å²) in [7, 11) is 0.